The molecule has 120 valence electrons. The number of hydrogen-bond acceptors (Lipinski definition) is 3. The Kier molecular flexibility index (Phi) is 4.27. The third kappa shape index (κ3) is 2.92. The minimum Gasteiger partial charge on any atom is -0.493 e. The molecule has 1 amide bonds. The van der Waals surface area contributed by atoms with Gasteiger partial charge in [0, 0.05) is 18.2 Å². The number of carbonyl (C=O) groups excluding carboxylic acids is 1. The molecule has 1 N–H and O–H groups in total. The highest BCUT2D eigenvalue weighted by Gasteiger charge is 2.40. The van der Waals surface area contributed by atoms with Crippen LogP contribution >= 0.6 is 0 Å². The van der Waals surface area contributed by atoms with Crippen molar-refractivity contribution in [3.8, 4) is 11.5 Å². The molecule has 4 heteroatoms. The van der Waals surface area contributed by atoms with Crippen LogP contribution in [0.5, 0.6) is 11.5 Å². The molecule has 0 aromatic heterocycles. The van der Waals surface area contributed by atoms with Crippen molar-refractivity contribution in [3.05, 3.63) is 17.7 Å². The fourth-order valence-corrected chi connectivity index (χ4v) is 4.18. The highest BCUT2D eigenvalue weighted by Crippen LogP contribution is 2.49. The van der Waals surface area contributed by atoms with Crippen LogP contribution in [0, 0.1) is 24.7 Å². The van der Waals surface area contributed by atoms with Gasteiger partial charge in [0.1, 0.15) is 0 Å². The van der Waals surface area contributed by atoms with Gasteiger partial charge in [-0.3, -0.25) is 4.79 Å². The van der Waals surface area contributed by atoms with Crippen molar-refractivity contribution in [1.82, 2.24) is 0 Å². The largest absolute Gasteiger partial charge is 0.493 e. The van der Waals surface area contributed by atoms with Gasteiger partial charge in [-0.25, -0.2) is 0 Å². The van der Waals surface area contributed by atoms with Crippen LogP contribution in [0.3, 0.4) is 0 Å². The van der Waals surface area contributed by atoms with Crippen molar-refractivity contribution >= 4 is 11.6 Å². The Balaban J connectivity index is 1.66. The van der Waals surface area contributed by atoms with Crippen molar-refractivity contribution in [2.24, 2.45) is 17.8 Å². The number of nitrogens with one attached hydrogen (secondary N) is 1. The first-order chi connectivity index (χ1) is 10.6. The summed E-state index contributed by atoms with van der Waals surface area (Å²) in [6.07, 6.45) is 5.92. The van der Waals surface area contributed by atoms with E-state index in [2.05, 4.69) is 5.32 Å². The zero-order chi connectivity index (χ0) is 15.7. The van der Waals surface area contributed by atoms with E-state index in [4.69, 9.17) is 9.47 Å². The Labute approximate surface area is 132 Å². The molecule has 0 saturated heterocycles. The first kappa shape index (κ1) is 15.2. The highest BCUT2D eigenvalue weighted by atomic mass is 16.5. The lowest BCUT2D eigenvalue weighted by Gasteiger charge is -2.21. The molecule has 0 heterocycles. The van der Waals surface area contributed by atoms with Gasteiger partial charge in [0.15, 0.2) is 11.5 Å². The number of rotatable bonds is 5. The molecule has 1 aromatic rings. The molecular weight excluding hydrogens is 278 g/mol. The van der Waals surface area contributed by atoms with Crippen LogP contribution in [0.15, 0.2) is 12.1 Å². The second-order valence-electron chi connectivity index (χ2n) is 6.71. The van der Waals surface area contributed by atoms with Crippen molar-refractivity contribution in [2.75, 3.05) is 19.5 Å². The first-order valence-electron chi connectivity index (χ1n) is 8.13. The van der Waals surface area contributed by atoms with Gasteiger partial charge in [0.2, 0.25) is 5.91 Å². The van der Waals surface area contributed by atoms with Gasteiger partial charge in [-0.2, -0.15) is 0 Å². The monoisotopic (exact) mass is 303 g/mol. The molecule has 22 heavy (non-hydrogen) atoms. The Hall–Kier alpha value is -1.71. The number of ether oxygens (including phenoxy) is 2. The fraction of sp³-hybridized carbons (Fsp3) is 0.611. The number of aryl methyl sites for hydroxylation is 1. The molecule has 0 aliphatic heterocycles. The maximum absolute atomic E-state index is 12.4. The van der Waals surface area contributed by atoms with Gasteiger partial charge in [0.05, 0.1) is 14.2 Å². The van der Waals surface area contributed by atoms with Crippen LogP contribution in [0.2, 0.25) is 0 Å². The summed E-state index contributed by atoms with van der Waals surface area (Å²) in [4.78, 5) is 12.4. The number of benzene rings is 1. The summed E-state index contributed by atoms with van der Waals surface area (Å²) < 4.78 is 10.6. The van der Waals surface area contributed by atoms with Crippen LogP contribution in [0.25, 0.3) is 0 Å². The number of anilines is 1. The molecule has 2 bridgehead atoms. The fourth-order valence-electron chi connectivity index (χ4n) is 4.18. The summed E-state index contributed by atoms with van der Waals surface area (Å²) in [5.74, 6) is 3.69. The van der Waals surface area contributed by atoms with Crippen molar-refractivity contribution in [1.29, 1.82) is 0 Å². The minimum absolute atomic E-state index is 0.118. The predicted octanol–water partition coefficient (Wildman–Crippen LogP) is 3.78. The van der Waals surface area contributed by atoms with Gasteiger partial charge in [0.25, 0.3) is 0 Å². The standard InChI is InChI=1S/C18H25NO3/c1-11-6-16(21-2)17(22-3)10-15(11)19-18(20)9-14-8-12-4-5-13(14)7-12/h6,10,12-14H,4-5,7-9H2,1-3H3,(H,19,20)/t12-,13+,14-/m0/s1. The molecule has 0 spiro atoms. The summed E-state index contributed by atoms with van der Waals surface area (Å²) in [7, 11) is 3.22. The number of methoxy groups -OCH3 is 2. The number of carbonyl (C=O) groups is 1. The van der Waals surface area contributed by atoms with E-state index in [1.807, 2.05) is 19.1 Å². The van der Waals surface area contributed by atoms with E-state index in [0.29, 0.717) is 23.8 Å². The maximum atomic E-state index is 12.4. The van der Waals surface area contributed by atoms with Crippen molar-refractivity contribution in [3.63, 3.8) is 0 Å². The van der Waals surface area contributed by atoms with Gasteiger partial charge < -0.3 is 14.8 Å². The highest BCUT2D eigenvalue weighted by molar-refractivity contribution is 5.92. The van der Waals surface area contributed by atoms with Gasteiger partial charge in [-0.05, 0) is 55.6 Å². The average molecular weight is 303 g/mol. The molecule has 0 radical (unpaired) electrons. The maximum Gasteiger partial charge on any atom is 0.224 e. The summed E-state index contributed by atoms with van der Waals surface area (Å²) in [6, 6.07) is 3.73. The van der Waals surface area contributed by atoms with E-state index < -0.39 is 0 Å². The van der Waals surface area contributed by atoms with Crippen LogP contribution in [-0.4, -0.2) is 20.1 Å². The van der Waals surface area contributed by atoms with Crippen LogP contribution in [0.1, 0.15) is 37.7 Å². The van der Waals surface area contributed by atoms with Crippen LogP contribution in [-0.2, 0) is 4.79 Å². The zero-order valence-electron chi connectivity index (χ0n) is 13.6. The molecule has 0 unspecified atom stereocenters. The third-order valence-corrected chi connectivity index (χ3v) is 5.34. The molecule has 2 aliphatic carbocycles. The zero-order valence-corrected chi connectivity index (χ0v) is 13.6. The Morgan fingerprint density at radius 1 is 1.18 bits per heavy atom. The molecule has 3 rings (SSSR count). The molecule has 2 saturated carbocycles. The molecule has 3 atom stereocenters. The Morgan fingerprint density at radius 3 is 2.50 bits per heavy atom. The Bertz CT molecular complexity index is 570. The third-order valence-electron chi connectivity index (χ3n) is 5.34. The smallest absolute Gasteiger partial charge is 0.224 e. The second-order valence-corrected chi connectivity index (χ2v) is 6.71. The van der Waals surface area contributed by atoms with Crippen molar-refractivity contribution < 1.29 is 14.3 Å². The SMILES string of the molecule is COc1cc(C)c(NC(=O)C[C@@H]2C[C@H]3CC[C@@H]2C3)cc1OC. The topological polar surface area (TPSA) is 47.6 Å². The predicted molar refractivity (Wildman–Crippen MR) is 86.5 cm³/mol. The number of fused-ring (bicyclic) bond motifs is 2. The van der Waals surface area contributed by atoms with Gasteiger partial charge in [-0.1, -0.05) is 6.42 Å². The normalized spacial score (nSPS) is 26.0. The number of amides is 1. The first-order valence-corrected chi connectivity index (χ1v) is 8.13. The Morgan fingerprint density at radius 2 is 1.91 bits per heavy atom. The van der Waals surface area contributed by atoms with E-state index in [1.165, 1.54) is 25.7 Å². The lowest BCUT2D eigenvalue weighted by molar-refractivity contribution is -0.117. The molecule has 4 nitrogen and oxygen atoms in total. The molecule has 2 aliphatic rings. The van der Waals surface area contributed by atoms with E-state index in [0.717, 1.165) is 23.1 Å². The molecule has 1 aromatic carbocycles. The van der Waals surface area contributed by atoms with Crippen LogP contribution < -0.4 is 14.8 Å². The molecular formula is C18H25NO3. The van der Waals surface area contributed by atoms with Crippen molar-refractivity contribution in [2.45, 2.75) is 39.0 Å². The number of hydrogen-bond donors (Lipinski definition) is 1. The second kappa shape index (κ2) is 6.19. The lowest BCUT2D eigenvalue weighted by atomic mass is 9.86. The van der Waals surface area contributed by atoms with E-state index in [1.54, 1.807) is 14.2 Å². The average Bonchev–Trinajstić information content (AvgIpc) is 3.11. The van der Waals surface area contributed by atoms with E-state index >= 15 is 0 Å². The minimum atomic E-state index is 0.118. The summed E-state index contributed by atoms with van der Waals surface area (Å²) in [5, 5.41) is 3.05. The summed E-state index contributed by atoms with van der Waals surface area (Å²) >= 11 is 0. The molecule has 2 fully saturated rings. The quantitative estimate of drug-likeness (QED) is 0.900. The summed E-state index contributed by atoms with van der Waals surface area (Å²) in [6.45, 7) is 1.97. The van der Waals surface area contributed by atoms with Gasteiger partial charge in [-0.15, -0.1) is 0 Å². The summed E-state index contributed by atoms with van der Waals surface area (Å²) in [5.41, 5.74) is 1.80. The van der Waals surface area contributed by atoms with E-state index in [-0.39, 0.29) is 5.91 Å². The van der Waals surface area contributed by atoms with E-state index in [9.17, 15) is 4.79 Å². The van der Waals surface area contributed by atoms with Gasteiger partial charge >= 0.3 is 0 Å². The lowest BCUT2D eigenvalue weighted by Crippen LogP contribution is -2.20. The van der Waals surface area contributed by atoms with Crippen LogP contribution in [0.4, 0.5) is 5.69 Å².